The van der Waals surface area contributed by atoms with E-state index < -0.39 is 6.10 Å². The maximum atomic E-state index is 10.7. The van der Waals surface area contributed by atoms with Crippen molar-refractivity contribution in [3.8, 4) is 0 Å². The quantitative estimate of drug-likeness (QED) is 0.906. The summed E-state index contributed by atoms with van der Waals surface area (Å²) in [5.74, 6) is 0. The summed E-state index contributed by atoms with van der Waals surface area (Å²) in [7, 11) is 0. The van der Waals surface area contributed by atoms with Crippen molar-refractivity contribution in [2.24, 2.45) is 0 Å². The van der Waals surface area contributed by atoms with Crippen LogP contribution in [0.25, 0.3) is 0 Å². The van der Waals surface area contributed by atoms with Crippen molar-refractivity contribution in [3.05, 3.63) is 51.3 Å². The molecule has 2 rings (SSSR count). The number of aromatic nitrogens is 2. The number of aliphatic hydroxyl groups excluding tert-OH is 1. The van der Waals surface area contributed by atoms with Gasteiger partial charge < -0.3 is 5.11 Å². The number of aliphatic hydroxyl groups is 1. The van der Waals surface area contributed by atoms with Crippen LogP contribution in [0.2, 0.25) is 5.02 Å². The molecule has 0 amide bonds. The molecule has 0 saturated carbocycles. The highest BCUT2D eigenvalue weighted by molar-refractivity contribution is 6.31. The van der Waals surface area contributed by atoms with Gasteiger partial charge in [0.1, 0.15) is 0 Å². The Bertz CT molecular complexity index is 614. The van der Waals surface area contributed by atoms with E-state index in [0.29, 0.717) is 11.4 Å². The summed E-state index contributed by atoms with van der Waals surface area (Å²) < 4.78 is 1.90. The zero-order chi connectivity index (χ0) is 15.6. The Morgan fingerprint density at radius 1 is 1.24 bits per heavy atom. The van der Waals surface area contributed by atoms with E-state index in [-0.39, 0.29) is 0 Å². The van der Waals surface area contributed by atoms with Crippen molar-refractivity contribution in [3.63, 3.8) is 0 Å². The second-order valence-corrected chi connectivity index (χ2v) is 5.78. The summed E-state index contributed by atoms with van der Waals surface area (Å²) >= 11 is 6.43. The predicted molar refractivity (Wildman–Crippen MR) is 86.9 cm³/mol. The van der Waals surface area contributed by atoms with Crippen molar-refractivity contribution in [2.75, 3.05) is 0 Å². The molecular weight excluding hydrogens is 284 g/mol. The molecule has 4 heteroatoms. The van der Waals surface area contributed by atoms with Crippen molar-refractivity contribution < 1.29 is 5.11 Å². The molecule has 1 unspecified atom stereocenters. The molecule has 21 heavy (non-hydrogen) atoms. The fourth-order valence-corrected chi connectivity index (χ4v) is 3.20. The van der Waals surface area contributed by atoms with Gasteiger partial charge in [-0.25, -0.2) is 0 Å². The highest BCUT2D eigenvalue weighted by atomic mass is 35.5. The third kappa shape index (κ3) is 3.14. The summed E-state index contributed by atoms with van der Waals surface area (Å²) in [6.45, 7) is 8.90. The number of aryl methyl sites for hydroxylation is 4. The third-order valence-electron chi connectivity index (χ3n) is 3.96. The van der Waals surface area contributed by atoms with Gasteiger partial charge >= 0.3 is 0 Å². The van der Waals surface area contributed by atoms with E-state index >= 15 is 0 Å². The minimum Gasteiger partial charge on any atom is -0.388 e. The monoisotopic (exact) mass is 306 g/mol. The van der Waals surface area contributed by atoms with Gasteiger partial charge in [-0.15, -0.1) is 0 Å². The Morgan fingerprint density at radius 2 is 1.86 bits per heavy atom. The first-order chi connectivity index (χ1) is 9.99. The molecule has 0 aliphatic rings. The molecule has 2 aromatic rings. The van der Waals surface area contributed by atoms with Crippen LogP contribution in [0, 0.1) is 13.8 Å². The summed E-state index contributed by atoms with van der Waals surface area (Å²) in [5.41, 5.74) is 5.04. The summed E-state index contributed by atoms with van der Waals surface area (Å²) in [4.78, 5) is 0. The predicted octanol–water partition coefficient (Wildman–Crippen LogP) is 4.01. The smallest absolute Gasteiger partial charge is 0.0851 e. The van der Waals surface area contributed by atoms with Gasteiger partial charge in [0.05, 0.1) is 22.5 Å². The maximum absolute atomic E-state index is 10.7. The first-order valence-electron chi connectivity index (χ1n) is 7.47. The minimum atomic E-state index is -0.560. The average Bonchev–Trinajstić information content (AvgIpc) is 2.75. The van der Waals surface area contributed by atoms with E-state index in [4.69, 9.17) is 11.6 Å². The maximum Gasteiger partial charge on any atom is 0.0851 e. The van der Waals surface area contributed by atoms with Gasteiger partial charge in [-0.05, 0) is 43.9 Å². The molecule has 0 aliphatic heterocycles. The van der Waals surface area contributed by atoms with E-state index in [1.807, 2.05) is 50.6 Å². The van der Waals surface area contributed by atoms with Gasteiger partial charge in [-0.3, -0.25) is 4.68 Å². The lowest BCUT2D eigenvalue weighted by molar-refractivity contribution is 0.174. The number of rotatable bonds is 5. The lowest BCUT2D eigenvalue weighted by Crippen LogP contribution is -2.11. The van der Waals surface area contributed by atoms with Crippen LogP contribution in [0.5, 0.6) is 0 Å². The van der Waals surface area contributed by atoms with E-state index in [0.717, 1.165) is 41.0 Å². The number of halogens is 1. The summed E-state index contributed by atoms with van der Waals surface area (Å²) in [5, 5.41) is 15.9. The molecule has 0 fully saturated rings. The van der Waals surface area contributed by atoms with Crippen LogP contribution < -0.4 is 0 Å². The molecule has 1 heterocycles. The second kappa shape index (κ2) is 6.63. The minimum absolute atomic E-state index is 0.491. The Kier molecular flexibility index (Phi) is 5.07. The Hall–Kier alpha value is -1.32. The topological polar surface area (TPSA) is 38.0 Å². The Morgan fingerprint density at radius 3 is 2.38 bits per heavy atom. The van der Waals surface area contributed by atoms with Crippen LogP contribution >= 0.6 is 11.6 Å². The highest BCUT2D eigenvalue weighted by Gasteiger charge is 2.20. The lowest BCUT2D eigenvalue weighted by atomic mass is 9.95. The van der Waals surface area contributed by atoms with E-state index in [9.17, 15) is 5.11 Å². The zero-order valence-electron chi connectivity index (χ0n) is 13.2. The van der Waals surface area contributed by atoms with Crippen molar-refractivity contribution >= 4 is 11.6 Å². The number of hydrogen-bond acceptors (Lipinski definition) is 2. The number of benzene rings is 1. The van der Waals surface area contributed by atoms with E-state index in [1.54, 1.807) is 0 Å². The van der Waals surface area contributed by atoms with Crippen LogP contribution in [0.3, 0.4) is 0 Å². The van der Waals surface area contributed by atoms with Gasteiger partial charge in [0.15, 0.2) is 0 Å². The molecule has 1 aromatic carbocycles. The zero-order valence-corrected chi connectivity index (χ0v) is 13.9. The fourth-order valence-electron chi connectivity index (χ4n) is 2.85. The van der Waals surface area contributed by atoms with Gasteiger partial charge in [0.2, 0.25) is 0 Å². The molecule has 0 aliphatic carbocycles. The van der Waals surface area contributed by atoms with Crippen molar-refractivity contribution in [2.45, 2.75) is 53.2 Å². The largest absolute Gasteiger partial charge is 0.388 e. The van der Waals surface area contributed by atoms with Crippen LogP contribution in [-0.4, -0.2) is 14.9 Å². The molecule has 3 nitrogen and oxygen atoms in total. The third-order valence-corrected chi connectivity index (χ3v) is 4.39. The normalized spacial score (nSPS) is 12.7. The van der Waals surface area contributed by atoms with Gasteiger partial charge in [0.25, 0.3) is 0 Å². The number of hydrogen-bond donors (Lipinski definition) is 1. The van der Waals surface area contributed by atoms with Gasteiger partial charge in [0, 0.05) is 13.0 Å². The van der Waals surface area contributed by atoms with E-state index in [1.165, 1.54) is 0 Å². The van der Waals surface area contributed by atoms with Gasteiger partial charge in [-0.1, -0.05) is 36.7 Å². The fraction of sp³-hybridized carbons (Fsp3) is 0.471. The van der Waals surface area contributed by atoms with Crippen LogP contribution in [0.4, 0.5) is 0 Å². The Labute approximate surface area is 131 Å². The molecule has 0 bridgehead atoms. The molecule has 0 radical (unpaired) electrons. The molecule has 0 saturated heterocycles. The summed E-state index contributed by atoms with van der Waals surface area (Å²) in [6, 6.07) is 6.07. The highest BCUT2D eigenvalue weighted by Crippen LogP contribution is 2.29. The average molecular weight is 307 g/mol. The van der Waals surface area contributed by atoms with Crippen molar-refractivity contribution in [1.82, 2.24) is 9.78 Å². The lowest BCUT2D eigenvalue weighted by Gasteiger charge is -2.17. The first-order valence-corrected chi connectivity index (χ1v) is 7.85. The van der Waals surface area contributed by atoms with Crippen LogP contribution in [0.15, 0.2) is 18.2 Å². The molecule has 0 spiro atoms. The molecule has 114 valence electrons. The molecular formula is C17H23ClN2O. The van der Waals surface area contributed by atoms with Gasteiger partial charge in [-0.2, -0.15) is 5.10 Å². The molecule has 1 aromatic heterocycles. The molecule has 1 atom stereocenters. The molecule has 1 N–H and O–H groups in total. The second-order valence-electron chi connectivity index (χ2n) is 5.40. The Balaban J connectivity index is 2.36. The standard InChI is InChI=1S/C17H23ClN2O/c1-5-13-17(18)14(20(6-2)19-13)10-15(21)16-11(3)8-7-9-12(16)4/h7-9,15,21H,5-6,10H2,1-4H3. The van der Waals surface area contributed by atoms with E-state index in [2.05, 4.69) is 5.10 Å². The summed E-state index contributed by atoms with van der Waals surface area (Å²) in [6.07, 6.45) is 0.736. The SMILES string of the molecule is CCc1nn(CC)c(CC(O)c2c(C)cccc2C)c1Cl. The number of nitrogens with zero attached hydrogens (tertiary/aromatic N) is 2. The van der Waals surface area contributed by atoms with Crippen LogP contribution in [0.1, 0.15) is 48.0 Å². The first kappa shape index (κ1) is 16.1. The van der Waals surface area contributed by atoms with Crippen LogP contribution in [-0.2, 0) is 19.4 Å². The van der Waals surface area contributed by atoms with Crippen molar-refractivity contribution in [1.29, 1.82) is 0 Å².